The molecule has 44 heavy (non-hydrogen) atoms. The van der Waals surface area contributed by atoms with E-state index in [4.69, 9.17) is 16.3 Å². The summed E-state index contributed by atoms with van der Waals surface area (Å²) in [6.07, 6.45) is 6.22. The van der Waals surface area contributed by atoms with E-state index < -0.39 is 17.4 Å². The molecule has 6 rings (SSSR count). The number of hydrogen-bond donors (Lipinski definition) is 2. The van der Waals surface area contributed by atoms with E-state index in [0.29, 0.717) is 56.8 Å². The van der Waals surface area contributed by atoms with Gasteiger partial charge in [-0.3, -0.25) is 14.4 Å². The molecule has 4 heterocycles. The minimum atomic E-state index is -0.855. The summed E-state index contributed by atoms with van der Waals surface area (Å²) in [6.45, 7) is 3.02. The monoisotopic (exact) mass is 618 g/mol. The molecular weight excluding hydrogens is 576 g/mol. The van der Waals surface area contributed by atoms with Gasteiger partial charge in [0.1, 0.15) is 0 Å². The zero-order chi connectivity index (χ0) is 30.7. The van der Waals surface area contributed by atoms with Crippen molar-refractivity contribution < 1.29 is 19.1 Å². The number of aromatic amines is 1. The standard InChI is InChI=1S/C35H43ClN4O4/c1-44-20-8-16-37-31(41)22-25-21-29(34(43)39-17-6-3-7-18-39)35(15-13-24-9-4-2-5-10-24)32-27(14-19-40(35)33(25)42)28-23-26(36)11-12-30(28)38-32/h2,4-5,9-12,23,25,29,38H,3,6-8,13-22H2,1H3,(H,37,41)/t25-,29-,35+/m1/s1. The molecule has 3 amide bonds. The number of carbonyl (C=O) groups is 3. The van der Waals surface area contributed by atoms with Crippen LogP contribution >= 0.6 is 11.6 Å². The number of aromatic nitrogens is 1. The smallest absolute Gasteiger partial charge is 0.228 e. The number of benzene rings is 2. The lowest BCUT2D eigenvalue weighted by molar-refractivity contribution is -0.167. The van der Waals surface area contributed by atoms with Crippen LogP contribution in [0.3, 0.4) is 0 Å². The van der Waals surface area contributed by atoms with Gasteiger partial charge in [-0.1, -0.05) is 41.9 Å². The van der Waals surface area contributed by atoms with Gasteiger partial charge in [0.05, 0.1) is 11.5 Å². The molecule has 3 aliphatic heterocycles. The quantitative estimate of drug-likeness (QED) is 0.305. The Kier molecular flexibility index (Phi) is 9.29. The van der Waals surface area contributed by atoms with E-state index in [9.17, 15) is 14.4 Å². The van der Waals surface area contributed by atoms with Crippen LogP contribution in [-0.4, -0.2) is 72.4 Å². The predicted molar refractivity (Wildman–Crippen MR) is 171 cm³/mol. The molecule has 2 fully saturated rings. The maximum atomic E-state index is 14.7. The summed E-state index contributed by atoms with van der Waals surface area (Å²) in [4.78, 5) is 50.0. The lowest BCUT2D eigenvalue weighted by Gasteiger charge is -2.56. The number of H-pyrrole nitrogens is 1. The lowest BCUT2D eigenvalue weighted by Crippen LogP contribution is -2.66. The third-order valence-corrected chi connectivity index (χ3v) is 10.2. The molecule has 9 heteroatoms. The van der Waals surface area contributed by atoms with Gasteiger partial charge >= 0.3 is 0 Å². The molecule has 0 unspecified atom stereocenters. The Morgan fingerprint density at radius 3 is 2.66 bits per heavy atom. The summed E-state index contributed by atoms with van der Waals surface area (Å²) in [5.74, 6) is -1.11. The third-order valence-electron chi connectivity index (χ3n) is 9.96. The van der Waals surface area contributed by atoms with Crippen molar-refractivity contribution in [2.24, 2.45) is 11.8 Å². The van der Waals surface area contributed by atoms with Crippen LogP contribution < -0.4 is 5.32 Å². The molecule has 0 saturated carbocycles. The molecule has 3 atom stereocenters. The van der Waals surface area contributed by atoms with Crippen LogP contribution in [0.15, 0.2) is 48.5 Å². The number of ether oxygens (including phenoxy) is 1. The Hall–Kier alpha value is -3.36. The van der Waals surface area contributed by atoms with E-state index in [2.05, 4.69) is 22.4 Å². The highest BCUT2D eigenvalue weighted by Crippen LogP contribution is 2.53. The summed E-state index contributed by atoms with van der Waals surface area (Å²) in [7, 11) is 1.64. The number of piperidine rings is 2. The van der Waals surface area contributed by atoms with Crippen molar-refractivity contribution in [2.45, 2.75) is 63.3 Å². The molecule has 2 aromatic carbocycles. The van der Waals surface area contributed by atoms with Crippen molar-refractivity contribution >= 4 is 40.2 Å². The number of carbonyl (C=O) groups excluding carboxylic acids is 3. The molecular formula is C35H43ClN4O4. The number of likely N-dealkylation sites (tertiary alicyclic amines) is 1. The van der Waals surface area contributed by atoms with Gasteiger partial charge in [0.2, 0.25) is 17.7 Å². The lowest BCUT2D eigenvalue weighted by atomic mass is 9.64. The molecule has 3 aromatic rings. The van der Waals surface area contributed by atoms with E-state index in [1.165, 1.54) is 5.56 Å². The van der Waals surface area contributed by atoms with Crippen molar-refractivity contribution in [3.05, 3.63) is 70.4 Å². The Labute approximate surface area is 264 Å². The van der Waals surface area contributed by atoms with Crippen molar-refractivity contribution in [1.29, 1.82) is 0 Å². The molecule has 234 valence electrons. The maximum Gasteiger partial charge on any atom is 0.228 e. The van der Waals surface area contributed by atoms with E-state index in [-0.39, 0.29) is 24.1 Å². The van der Waals surface area contributed by atoms with E-state index in [1.807, 2.05) is 46.2 Å². The van der Waals surface area contributed by atoms with Crippen molar-refractivity contribution in [1.82, 2.24) is 20.1 Å². The van der Waals surface area contributed by atoms with Gasteiger partial charge in [0.15, 0.2) is 0 Å². The van der Waals surface area contributed by atoms with Crippen LogP contribution in [0, 0.1) is 11.8 Å². The predicted octanol–water partition coefficient (Wildman–Crippen LogP) is 5.23. The van der Waals surface area contributed by atoms with Gasteiger partial charge in [-0.25, -0.2) is 0 Å². The first-order valence-electron chi connectivity index (χ1n) is 16.1. The normalized spacial score (nSPS) is 23.4. The number of methoxy groups -OCH3 is 1. The number of aryl methyl sites for hydroxylation is 1. The molecule has 3 aliphatic rings. The van der Waals surface area contributed by atoms with Gasteiger partial charge < -0.3 is 24.8 Å². The minimum Gasteiger partial charge on any atom is -0.385 e. The van der Waals surface area contributed by atoms with E-state index in [1.54, 1.807) is 7.11 Å². The first-order valence-corrected chi connectivity index (χ1v) is 16.5. The van der Waals surface area contributed by atoms with Gasteiger partial charge in [-0.05, 0) is 80.7 Å². The first kappa shape index (κ1) is 30.7. The first-order chi connectivity index (χ1) is 21.4. The fourth-order valence-electron chi connectivity index (χ4n) is 7.84. The fraction of sp³-hybridized carbons (Fsp3) is 0.514. The molecule has 2 N–H and O–H groups in total. The van der Waals surface area contributed by atoms with Crippen molar-refractivity contribution in [2.75, 3.05) is 39.9 Å². The summed E-state index contributed by atoms with van der Waals surface area (Å²) in [5, 5.41) is 4.68. The minimum absolute atomic E-state index is 0.0323. The van der Waals surface area contributed by atoms with Crippen LogP contribution in [0.2, 0.25) is 5.02 Å². The fourth-order valence-corrected chi connectivity index (χ4v) is 8.01. The SMILES string of the molecule is COCCCNC(=O)C[C@H]1C[C@H](C(=O)N2CCCCC2)[C@@]2(CCc3ccccc3)c3[nH]c4ccc(Cl)cc4c3CCN2C1=O. The van der Waals surface area contributed by atoms with Gasteiger partial charge in [-0.2, -0.15) is 0 Å². The molecule has 0 bridgehead atoms. The van der Waals surface area contributed by atoms with Crippen molar-refractivity contribution in [3.8, 4) is 0 Å². The summed E-state index contributed by atoms with van der Waals surface area (Å²) >= 11 is 6.47. The Balaban J connectivity index is 1.43. The number of nitrogens with one attached hydrogen (secondary N) is 2. The molecule has 2 saturated heterocycles. The molecule has 0 aliphatic carbocycles. The van der Waals surface area contributed by atoms with Gasteiger partial charge in [-0.15, -0.1) is 0 Å². The number of halogens is 1. The topological polar surface area (TPSA) is 94.7 Å². The summed E-state index contributed by atoms with van der Waals surface area (Å²) in [6, 6.07) is 16.2. The van der Waals surface area contributed by atoms with Gasteiger partial charge in [0, 0.05) is 73.9 Å². The van der Waals surface area contributed by atoms with Crippen LogP contribution in [0.1, 0.15) is 61.8 Å². The number of amides is 3. The Morgan fingerprint density at radius 2 is 1.89 bits per heavy atom. The zero-order valence-corrected chi connectivity index (χ0v) is 26.3. The zero-order valence-electron chi connectivity index (χ0n) is 25.6. The van der Waals surface area contributed by atoms with Gasteiger partial charge in [0.25, 0.3) is 0 Å². The van der Waals surface area contributed by atoms with Crippen LogP contribution in [0.4, 0.5) is 0 Å². The number of hydrogen-bond acceptors (Lipinski definition) is 4. The Bertz CT molecular complexity index is 1500. The molecule has 0 spiro atoms. The second kappa shape index (κ2) is 13.3. The highest BCUT2D eigenvalue weighted by Gasteiger charge is 2.59. The van der Waals surface area contributed by atoms with Crippen molar-refractivity contribution in [3.63, 3.8) is 0 Å². The Morgan fingerprint density at radius 1 is 1.09 bits per heavy atom. The maximum absolute atomic E-state index is 14.7. The average molecular weight is 619 g/mol. The van der Waals surface area contributed by atoms with Crippen LogP contribution in [-0.2, 0) is 37.5 Å². The second-order valence-electron chi connectivity index (χ2n) is 12.6. The highest BCUT2D eigenvalue weighted by molar-refractivity contribution is 6.31. The van der Waals surface area contributed by atoms with E-state index in [0.717, 1.165) is 54.5 Å². The highest BCUT2D eigenvalue weighted by atomic mass is 35.5. The van der Waals surface area contributed by atoms with Crippen LogP contribution in [0.25, 0.3) is 10.9 Å². The third kappa shape index (κ3) is 5.86. The number of rotatable bonds is 10. The molecule has 0 radical (unpaired) electrons. The van der Waals surface area contributed by atoms with Crippen LogP contribution in [0.5, 0.6) is 0 Å². The largest absolute Gasteiger partial charge is 0.385 e. The summed E-state index contributed by atoms with van der Waals surface area (Å²) < 4.78 is 5.11. The van der Waals surface area contributed by atoms with E-state index >= 15 is 0 Å². The number of fused-ring (bicyclic) bond motifs is 5. The second-order valence-corrected chi connectivity index (χ2v) is 13.0. The summed E-state index contributed by atoms with van der Waals surface area (Å²) in [5.41, 5.74) is 3.39. The molecule has 8 nitrogen and oxygen atoms in total. The molecule has 1 aromatic heterocycles. The number of nitrogens with zero attached hydrogens (tertiary/aromatic N) is 2. The average Bonchev–Trinajstić information content (AvgIpc) is 3.42.